The highest BCUT2D eigenvalue weighted by Crippen LogP contribution is 2.10. The lowest BCUT2D eigenvalue weighted by Gasteiger charge is -2.32. The minimum absolute atomic E-state index is 0.0573. The minimum atomic E-state index is -0.0573. The Labute approximate surface area is 88.1 Å². The van der Waals surface area contributed by atoms with Gasteiger partial charge in [0.1, 0.15) is 5.69 Å². The number of hydrogen-bond acceptors (Lipinski definition) is 4. The SMILES string of the molecule is CN1CCN(C(=O)c2[nH]cnc2N)CC1. The van der Waals surface area contributed by atoms with Crippen LogP contribution in [0.5, 0.6) is 0 Å². The number of nitrogen functional groups attached to an aromatic ring is 1. The van der Waals surface area contributed by atoms with Crippen molar-refractivity contribution in [3.63, 3.8) is 0 Å². The predicted octanol–water partition coefficient (Wildman–Crippen LogP) is -0.620. The molecular formula is C9H15N5O. The first kappa shape index (κ1) is 9.97. The van der Waals surface area contributed by atoms with Crippen molar-refractivity contribution in [2.45, 2.75) is 0 Å². The van der Waals surface area contributed by atoms with E-state index in [1.54, 1.807) is 4.90 Å². The Morgan fingerprint density at radius 2 is 2.13 bits per heavy atom. The molecule has 0 aliphatic carbocycles. The standard InChI is InChI=1S/C9H15N5O/c1-13-2-4-14(5-3-13)9(15)7-8(10)12-6-11-7/h6H,2-5,10H2,1H3,(H,11,12). The largest absolute Gasteiger partial charge is 0.382 e. The lowest BCUT2D eigenvalue weighted by Crippen LogP contribution is -2.47. The van der Waals surface area contributed by atoms with Crippen LogP contribution >= 0.6 is 0 Å². The number of amides is 1. The van der Waals surface area contributed by atoms with Gasteiger partial charge >= 0.3 is 0 Å². The molecule has 1 amide bonds. The third-order valence-electron chi connectivity index (χ3n) is 2.67. The molecule has 2 rings (SSSR count). The van der Waals surface area contributed by atoms with Crippen LogP contribution in [0, 0.1) is 0 Å². The number of nitrogens with zero attached hydrogens (tertiary/aromatic N) is 3. The van der Waals surface area contributed by atoms with Gasteiger partial charge in [-0.15, -0.1) is 0 Å². The molecule has 1 aromatic rings. The summed E-state index contributed by atoms with van der Waals surface area (Å²) in [5, 5.41) is 0. The Kier molecular flexibility index (Phi) is 2.59. The van der Waals surface area contributed by atoms with E-state index in [1.807, 2.05) is 7.05 Å². The molecule has 0 radical (unpaired) electrons. The number of imidazole rings is 1. The van der Waals surface area contributed by atoms with Gasteiger partial charge in [-0.25, -0.2) is 4.98 Å². The average molecular weight is 209 g/mol. The van der Waals surface area contributed by atoms with Crippen LogP contribution in [0.25, 0.3) is 0 Å². The first-order chi connectivity index (χ1) is 7.18. The molecule has 6 nitrogen and oxygen atoms in total. The molecule has 0 unspecified atom stereocenters. The molecule has 1 fully saturated rings. The zero-order chi connectivity index (χ0) is 10.8. The van der Waals surface area contributed by atoms with E-state index < -0.39 is 0 Å². The Morgan fingerprint density at radius 3 is 2.67 bits per heavy atom. The molecule has 0 spiro atoms. The Balaban J connectivity index is 2.06. The number of anilines is 1. The van der Waals surface area contributed by atoms with E-state index in [4.69, 9.17) is 5.73 Å². The monoisotopic (exact) mass is 209 g/mol. The fraction of sp³-hybridized carbons (Fsp3) is 0.556. The number of nitrogens with one attached hydrogen (secondary N) is 1. The molecule has 2 heterocycles. The van der Waals surface area contributed by atoms with Gasteiger partial charge in [-0.05, 0) is 7.05 Å². The number of aromatic nitrogens is 2. The molecule has 1 saturated heterocycles. The molecule has 1 aliphatic heterocycles. The van der Waals surface area contributed by atoms with Crippen molar-refractivity contribution in [2.24, 2.45) is 0 Å². The summed E-state index contributed by atoms with van der Waals surface area (Å²) in [5.41, 5.74) is 5.98. The maximum atomic E-state index is 11.9. The highest BCUT2D eigenvalue weighted by atomic mass is 16.2. The van der Waals surface area contributed by atoms with Crippen LogP contribution in [0.4, 0.5) is 5.82 Å². The third kappa shape index (κ3) is 1.94. The van der Waals surface area contributed by atoms with Gasteiger partial charge in [-0.1, -0.05) is 0 Å². The summed E-state index contributed by atoms with van der Waals surface area (Å²) in [4.78, 5) is 22.5. The zero-order valence-corrected chi connectivity index (χ0v) is 8.73. The number of carbonyl (C=O) groups is 1. The number of rotatable bonds is 1. The van der Waals surface area contributed by atoms with Crippen molar-refractivity contribution < 1.29 is 4.79 Å². The van der Waals surface area contributed by atoms with Crippen molar-refractivity contribution in [1.82, 2.24) is 19.8 Å². The van der Waals surface area contributed by atoms with Gasteiger partial charge in [-0.3, -0.25) is 4.79 Å². The van der Waals surface area contributed by atoms with Crippen LogP contribution in [-0.2, 0) is 0 Å². The van der Waals surface area contributed by atoms with E-state index in [2.05, 4.69) is 14.9 Å². The van der Waals surface area contributed by atoms with Gasteiger partial charge < -0.3 is 20.5 Å². The molecular weight excluding hydrogens is 194 g/mol. The van der Waals surface area contributed by atoms with E-state index in [1.165, 1.54) is 6.33 Å². The van der Waals surface area contributed by atoms with Crippen molar-refractivity contribution in [3.05, 3.63) is 12.0 Å². The summed E-state index contributed by atoms with van der Waals surface area (Å²) < 4.78 is 0. The van der Waals surface area contributed by atoms with Crippen LogP contribution in [0.3, 0.4) is 0 Å². The first-order valence-corrected chi connectivity index (χ1v) is 4.95. The number of likely N-dealkylation sites (N-methyl/N-ethyl adjacent to an activating group) is 1. The van der Waals surface area contributed by atoms with Gasteiger partial charge in [-0.2, -0.15) is 0 Å². The summed E-state index contributed by atoms with van der Waals surface area (Å²) in [6, 6.07) is 0. The summed E-state index contributed by atoms with van der Waals surface area (Å²) >= 11 is 0. The average Bonchev–Trinajstić information content (AvgIpc) is 2.65. The maximum absolute atomic E-state index is 11.9. The van der Waals surface area contributed by atoms with Gasteiger partial charge in [0.2, 0.25) is 0 Å². The molecule has 3 N–H and O–H groups in total. The summed E-state index contributed by atoms with van der Waals surface area (Å²) in [6.45, 7) is 3.29. The molecule has 1 aliphatic rings. The Hall–Kier alpha value is -1.56. The van der Waals surface area contributed by atoms with Gasteiger partial charge in [0.15, 0.2) is 5.82 Å². The van der Waals surface area contributed by atoms with E-state index in [0.717, 1.165) is 26.2 Å². The molecule has 6 heteroatoms. The summed E-state index contributed by atoms with van der Waals surface area (Å²) in [6.07, 6.45) is 1.44. The highest BCUT2D eigenvalue weighted by Gasteiger charge is 2.22. The van der Waals surface area contributed by atoms with Crippen LogP contribution in [0.2, 0.25) is 0 Å². The lowest BCUT2D eigenvalue weighted by molar-refractivity contribution is 0.0660. The quantitative estimate of drug-likeness (QED) is 0.646. The van der Waals surface area contributed by atoms with Crippen LogP contribution in [0.1, 0.15) is 10.5 Å². The molecule has 0 saturated carbocycles. The molecule has 15 heavy (non-hydrogen) atoms. The lowest BCUT2D eigenvalue weighted by atomic mass is 10.3. The normalized spacial score (nSPS) is 18.1. The topological polar surface area (TPSA) is 78.2 Å². The Morgan fingerprint density at radius 1 is 1.47 bits per heavy atom. The first-order valence-electron chi connectivity index (χ1n) is 4.95. The minimum Gasteiger partial charge on any atom is -0.382 e. The van der Waals surface area contributed by atoms with Crippen LogP contribution < -0.4 is 5.73 Å². The number of aromatic amines is 1. The second kappa shape index (κ2) is 3.90. The zero-order valence-electron chi connectivity index (χ0n) is 8.73. The third-order valence-corrected chi connectivity index (χ3v) is 2.67. The number of hydrogen-bond donors (Lipinski definition) is 2. The van der Waals surface area contributed by atoms with Crippen molar-refractivity contribution in [1.29, 1.82) is 0 Å². The van der Waals surface area contributed by atoms with Gasteiger partial charge in [0.25, 0.3) is 5.91 Å². The second-order valence-corrected chi connectivity index (χ2v) is 3.76. The number of piperazine rings is 1. The fourth-order valence-electron chi connectivity index (χ4n) is 1.64. The van der Waals surface area contributed by atoms with E-state index in [-0.39, 0.29) is 11.7 Å². The predicted molar refractivity (Wildman–Crippen MR) is 56.4 cm³/mol. The van der Waals surface area contributed by atoms with Crippen LogP contribution in [0.15, 0.2) is 6.33 Å². The maximum Gasteiger partial charge on any atom is 0.274 e. The highest BCUT2D eigenvalue weighted by molar-refractivity contribution is 5.96. The molecule has 1 aromatic heterocycles. The molecule has 82 valence electrons. The second-order valence-electron chi connectivity index (χ2n) is 3.76. The van der Waals surface area contributed by atoms with Crippen molar-refractivity contribution in [2.75, 3.05) is 39.0 Å². The van der Waals surface area contributed by atoms with E-state index in [9.17, 15) is 4.79 Å². The number of carbonyl (C=O) groups excluding carboxylic acids is 1. The fourth-order valence-corrected chi connectivity index (χ4v) is 1.64. The van der Waals surface area contributed by atoms with Crippen molar-refractivity contribution in [3.8, 4) is 0 Å². The summed E-state index contributed by atoms with van der Waals surface area (Å²) in [5.74, 6) is 0.219. The van der Waals surface area contributed by atoms with Gasteiger partial charge in [0.05, 0.1) is 6.33 Å². The summed E-state index contributed by atoms with van der Waals surface area (Å²) in [7, 11) is 2.05. The number of H-pyrrole nitrogens is 1. The van der Waals surface area contributed by atoms with Gasteiger partial charge in [0, 0.05) is 26.2 Å². The molecule has 0 bridgehead atoms. The Bertz CT molecular complexity index is 353. The molecule has 0 atom stereocenters. The smallest absolute Gasteiger partial charge is 0.274 e. The van der Waals surface area contributed by atoms with E-state index >= 15 is 0 Å². The molecule has 0 aromatic carbocycles. The van der Waals surface area contributed by atoms with E-state index in [0.29, 0.717) is 5.69 Å². The number of nitrogens with two attached hydrogens (primary N) is 1. The van der Waals surface area contributed by atoms with Crippen LogP contribution in [-0.4, -0.2) is 58.9 Å². The van der Waals surface area contributed by atoms with Crippen molar-refractivity contribution >= 4 is 11.7 Å².